The number of hydrogen-bond acceptors (Lipinski definition) is 4. The highest BCUT2D eigenvalue weighted by atomic mass is 16.5. The van der Waals surface area contributed by atoms with Gasteiger partial charge in [-0.25, -0.2) is 4.79 Å². The molecule has 2 aromatic carbocycles. The molecule has 7 nitrogen and oxygen atoms in total. The number of carbonyl (C=O) groups excluding carboxylic acids is 2. The molecule has 0 radical (unpaired) electrons. The number of aliphatic carboxylic acids is 1. The number of hydrogen-bond donors (Lipinski definition) is 3. The van der Waals surface area contributed by atoms with Gasteiger partial charge in [0.25, 0.3) is 0 Å². The first kappa shape index (κ1) is 22.3. The predicted octanol–water partition coefficient (Wildman–Crippen LogP) is 3.53. The number of alkyl carbamates (subject to hydrolysis) is 1. The van der Waals surface area contributed by atoms with Crippen LogP contribution in [0.5, 0.6) is 0 Å². The Kier molecular flexibility index (Phi) is 7.28. The Balaban J connectivity index is 1.57. The molecule has 1 aliphatic rings. The van der Waals surface area contributed by atoms with Gasteiger partial charge in [0.2, 0.25) is 5.91 Å². The zero-order chi connectivity index (χ0) is 22.4. The van der Waals surface area contributed by atoms with Crippen molar-refractivity contribution >= 4 is 18.0 Å². The zero-order valence-corrected chi connectivity index (χ0v) is 17.8. The molecular formula is C24H28N2O5. The average Bonchev–Trinajstić information content (AvgIpc) is 3.08. The minimum Gasteiger partial charge on any atom is -0.480 e. The first-order chi connectivity index (χ1) is 14.9. The lowest BCUT2D eigenvalue weighted by molar-refractivity contribution is -0.141. The van der Waals surface area contributed by atoms with Crippen molar-refractivity contribution in [2.75, 3.05) is 13.2 Å². The highest BCUT2D eigenvalue weighted by Crippen LogP contribution is 2.44. The number of amides is 2. The van der Waals surface area contributed by atoms with Gasteiger partial charge >= 0.3 is 12.1 Å². The Bertz CT molecular complexity index is 913. The van der Waals surface area contributed by atoms with Crippen molar-refractivity contribution in [3.05, 3.63) is 59.7 Å². The van der Waals surface area contributed by atoms with E-state index in [1.165, 1.54) is 6.92 Å². The van der Waals surface area contributed by atoms with Crippen LogP contribution >= 0.6 is 0 Å². The third-order valence-corrected chi connectivity index (χ3v) is 5.57. The monoisotopic (exact) mass is 424 g/mol. The molecule has 31 heavy (non-hydrogen) atoms. The lowest BCUT2D eigenvalue weighted by Gasteiger charge is -2.19. The van der Waals surface area contributed by atoms with Crippen LogP contribution in [-0.4, -0.2) is 42.3 Å². The topological polar surface area (TPSA) is 105 Å². The van der Waals surface area contributed by atoms with E-state index in [-0.39, 0.29) is 19.1 Å². The zero-order valence-electron chi connectivity index (χ0n) is 17.8. The number of carboxylic acids is 1. The Morgan fingerprint density at radius 1 is 1.03 bits per heavy atom. The van der Waals surface area contributed by atoms with Gasteiger partial charge in [-0.2, -0.15) is 0 Å². The van der Waals surface area contributed by atoms with Gasteiger partial charge in [0.1, 0.15) is 12.6 Å². The van der Waals surface area contributed by atoms with Crippen LogP contribution in [0.15, 0.2) is 48.5 Å². The van der Waals surface area contributed by atoms with Gasteiger partial charge in [0, 0.05) is 12.5 Å². The summed E-state index contributed by atoms with van der Waals surface area (Å²) in [4.78, 5) is 35.6. The highest BCUT2D eigenvalue weighted by Gasteiger charge is 2.29. The molecule has 0 heterocycles. The van der Waals surface area contributed by atoms with Crippen LogP contribution in [0.1, 0.15) is 43.7 Å². The molecule has 2 aromatic rings. The second-order valence-electron chi connectivity index (χ2n) is 7.76. The van der Waals surface area contributed by atoms with E-state index in [0.29, 0.717) is 6.42 Å². The van der Waals surface area contributed by atoms with Crippen LogP contribution in [0.3, 0.4) is 0 Å². The van der Waals surface area contributed by atoms with Gasteiger partial charge in [-0.1, -0.05) is 61.9 Å². The molecule has 3 N–H and O–H groups in total. The number of rotatable bonds is 9. The van der Waals surface area contributed by atoms with E-state index in [1.54, 1.807) is 0 Å². The third-order valence-electron chi connectivity index (χ3n) is 5.57. The molecule has 1 unspecified atom stereocenters. The summed E-state index contributed by atoms with van der Waals surface area (Å²) in [7, 11) is 0. The van der Waals surface area contributed by atoms with Crippen molar-refractivity contribution in [1.82, 2.24) is 10.6 Å². The molecule has 0 fully saturated rings. The lowest BCUT2D eigenvalue weighted by Crippen LogP contribution is -2.45. The summed E-state index contributed by atoms with van der Waals surface area (Å²) in [6.45, 7) is 3.61. The molecule has 7 heteroatoms. The predicted molar refractivity (Wildman–Crippen MR) is 117 cm³/mol. The molecule has 3 rings (SSSR count). The molecule has 0 spiro atoms. The molecule has 164 valence electrons. The highest BCUT2D eigenvalue weighted by molar-refractivity contribution is 5.85. The van der Waals surface area contributed by atoms with E-state index in [4.69, 9.17) is 9.84 Å². The lowest BCUT2D eigenvalue weighted by atomic mass is 9.98. The summed E-state index contributed by atoms with van der Waals surface area (Å²) in [6.07, 6.45) is 0.662. The van der Waals surface area contributed by atoms with E-state index in [9.17, 15) is 14.4 Å². The van der Waals surface area contributed by atoms with E-state index in [2.05, 4.69) is 22.8 Å². The van der Waals surface area contributed by atoms with Crippen LogP contribution in [0.2, 0.25) is 0 Å². The number of carbonyl (C=O) groups is 3. The molecule has 0 aromatic heterocycles. The van der Waals surface area contributed by atoms with Crippen LogP contribution in [0.25, 0.3) is 11.1 Å². The second kappa shape index (κ2) is 10.1. The normalized spacial score (nSPS) is 14.1. The molecule has 0 saturated carbocycles. The van der Waals surface area contributed by atoms with Crippen molar-refractivity contribution in [2.45, 2.75) is 38.6 Å². The number of nitrogens with one attached hydrogen (secondary N) is 2. The van der Waals surface area contributed by atoms with E-state index in [0.717, 1.165) is 28.7 Å². The Labute approximate surface area is 181 Å². The maximum Gasteiger partial charge on any atom is 0.407 e. The first-order valence-corrected chi connectivity index (χ1v) is 10.5. The average molecular weight is 424 g/mol. The number of carboxylic acid groups (broad SMARTS) is 1. The van der Waals surface area contributed by atoms with E-state index < -0.39 is 29.9 Å². The molecule has 2 amide bonds. The Morgan fingerprint density at radius 2 is 1.61 bits per heavy atom. The number of benzene rings is 2. The fourth-order valence-corrected chi connectivity index (χ4v) is 3.92. The fourth-order valence-electron chi connectivity index (χ4n) is 3.92. The van der Waals surface area contributed by atoms with Crippen LogP contribution in [0, 0.1) is 5.92 Å². The van der Waals surface area contributed by atoms with Crippen molar-refractivity contribution in [3.63, 3.8) is 0 Å². The molecule has 1 aliphatic carbocycles. The molecule has 2 atom stereocenters. The van der Waals surface area contributed by atoms with Gasteiger partial charge in [-0.05, 0) is 35.6 Å². The van der Waals surface area contributed by atoms with Crippen LogP contribution < -0.4 is 10.6 Å². The summed E-state index contributed by atoms with van der Waals surface area (Å²) in [5, 5.41) is 14.1. The SMILES string of the molecule is CCCC(CNC(=O)OCC1c2ccccc2-c2ccccc21)C(=O)N[C@H](C)C(=O)O. The number of fused-ring (bicyclic) bond motifs is 3. The summed E-state index contributed by atoms with van der Waals surface area (Å²) in [5.74, 6) is -2.06. The summed E-state index contributed by atoms with van der Waals surface area (Å²) < 4.78 is 5.49. The minimum atomic E-state index is -1.10. The van der Waals surface area contributed by atoms with Gasteiger partial charge in [-0.15, -0.1) is 0 Å². The van der Waals surface area contributed by atoms with Gasteiger partial charge in [-0.3, -0.25) is 9.59 Å². The van der Waals surface area contributed by atoms with Crippen LogP contribution in [-0.2, 0) is 14.3 Å². The van der Waals surface area contributed by atoms with Crippen molar-refractivity contribution in [1.29, 1.82) is 0 Å². The minimum absolute atomic E-state index is 0.0377. The third kappa shape index (κ3) is 5.23. The van der Waals surface area contributed by atoms with E-state index in [1.807, 2.05) is 43.3 Å². The van der Waals surface area contributed by atoms with E-state index >= 15 is 0 Å². The quantitative estimate of drug-likeness (QED) is 0.571. The maximum absolute atomic E-state index is 12.3. The molecule has 0 saturated heterocycles. The number of ether oxygens (including phenoxy) is 1. The van der Waals surface area contributed by atoms with Crippen LogP contribution in [0.4, 0.5) is 4.79 Å². The van der Waals surface area contributed by atoms with Gasteiger partial charge in [0.05, 0.1) is 5.92 Å². The Morgan fingerprint density at radius 3 is 2.16 bits per heavy atom. The van der Waals surface area contributed by atoms with Gasteiger partial charge in [0.15, 0.2) is 0 Å². The van der Waals surface area contributed by atoms with Crippen molar-refractivity contribution in [2.24, 2.45) is 5.92 Å². The second-order valence-corrected chi connectivity index (χ2v) is 7.76. The molecular weight excluding hydrogens is 396 g/mol. The molecule has 0 bridgehead atoms. The first-order valence-electron chi connectivity index (χ1n) is 10.5. The summed E-state index contributed by atoms with van der Waals surface area (Å²) in [5.41, 5.74) is 4.56. The van der Waals surface area contributed by atoms with Gasteiger partial charge < -0.3 is 20.5 Å². The van der Waals surface area contributed by atoms with Crippen molar-refractivity contribution in [3.8, 4) is 11.1 Å². The maximum atomic E-state index is 12.3. The summed E-state index contributed by atoms with van der Waals surface area (Å²) in [6, 6.07) is 15.2. The van der Waals surface area contributed by atoms with Crippen molar-refractivity contribution < 1.29 is 24.2 Å². The smallest absolute Gasteiger partial charge is 0.407 e. The molecule has 0 aliphatic heterocycles. The Hall–Kier alpha value is -3.35. The standard InChI is InChI=1S/C24H28N2O5/c1-3-8-16(22(27)26-15(2)23(28)29)13-25-24(30)31-14-21-19-11-6-4-9-17(19)18-10-5-7-12-20(18)21/h4-7,9-12,15-16,21H,3,8,13-14H2,1-2H3,(H,25,30)(H,26,27)(H,28,29)/t15-,16?/m1/s1. The summed E-state index contributed by atoms with van der Waals surface area (Å²) >= 11 is 0. The fraction of sp³-hybridized carbons (Fsp3) is 0.375. The largest absolute Gasteiger partial charge is 0.480 e.